The quantitative estimate of drug-likeness (QED) is 0.0619. The minimum absolute atomic E-state index is 0.0583. The van der Waals surface area contributed by atoms with E-state index in [0.717, 1.165) is 16.5 Å². The van der Waals surface area contributed by atoms with Crippen LogP contribution < -0.4 is 38.9 Å². The van der Waals surface area contributed by atoms with Crippen LogP contribution >= 0.6 is 0 Å². The predicted octanol–water partition coefficient (Wildman–Crippen LogP) is -1.84. The lowest BCUT2D eigenvalue weighted by Crippen LogP contribution is -2.58. The molecule has 1 aromatic heterocycles. The maximum atomic E-state index is 13.3. The fourth-order valence-electron chi connectivity index (χ4n) is 4.13. The summed E-state index contributed by atoms with van der Waals surface area (Å²) in [4.78, 5) is 69.3. The van der Waals surface area contributed by atoms with Crippen LogP contribution in [0.15, 0.2) is 35.5 Å². The number of amides is 4. The minimum atomic E-state index is -1.49. The third-order valence-electron chi connectivity index (χ3n) is 6.30. The molecule has 4 amide bonds. The average molecular weight is 574 g/mol. The summed E-state index contributed by atoms with van der Waals surface area (Å²) < 4.78 is 0. The fourth-order valence-corrected chi connectivity index (χ4v) is 4.13. The summed E-state index contributed by atoms with van der Waals surface area (Å²) in [6, 6.07) is 2.55. The van der Waals surface area contributed by atoms with Crippen molar-refractivity contribution in [2.24, 2.45) is 33.8 Å². The number of guanidine groups is 1. The Morgan fingerprint density at radius 3 is 2.20 bits per heavy atom. The highest BCUT2D eigenvalue weighted by Gasteiger charge is 2.32. The Morgan fingerprint density at radius 2 is 1.59 bits per heavy atom. The van der Waals surface area contributed by atoms with Gasteiger partial charge in [0.25, 0.3) is 0 Å². The summed E-state index contributed by atoms with van der Waals surface area (Å²) in [6.45, 7) is 3.33. The van der Waals surface area contributed by atoms with Crippen LogP contribution in [0.1, 0.15) is 38.7 Å². The summed E-state index contributed by atoms with van der Waals surface area (Å²) in [5.74, 6) is -5.17. The number of benzene rings is 1. The molecule has 0 aliphatic rings. The standard InChI is InChI=1S/C26H39N9O6/c1-13(2)21(25(40)41)35-24(39)19(11-20(28)36)34-23(38)18(8-5-9-31-26(29)30)33-22(37)16(27)10-14-12-32-17-7-4-3-6-15(14)17/h3-4,6-7,12-13,16,18-19,21,32H,5,8-11,27H2,1-2H3,(H2,28,36)(H,33,37)(H,34,38)(H,35,39)(H,40,41)(H4,29,30,31). The van der Waals surface area contributed by atoms with Crippen molar-refractivity contribution >= 4 is 46.5 Å². The normalized spacial score (nSPS) is 14.0. The first-order valence-electron chi connectivity index (χ1n) is 13.1. The number of nitrogens with two attached hydrogens (primary N) is 4. The van der Waals surface area contributed by atoms with Gasteiger partial charge in [0.15, 0.2) is 5.96 Å². The highest BCUT2D eigenvalue weighted by Crippen LogP contribution is 2.19. The van der Waals surface area contributed by atoms with Gasteiger partial charge in [-0.25, -0.2) is 4.79 Å². The van der Waals surface area contributed by atoms with Crippen molar-refractivity contribution in [3.63, 3.8) is 0 Å². The first-order valence-corrected chi connectivity index (χ1v) is 13.1. The van der Waals surface area contributed by atoms with Gasteiger partial charge in [-0.05, 0) is 36.8 Å². The molecular formula is C26H39N9O6. The lowest BCUT2D eigenvalue weighted by molar-refractivity contribution is -0.143. The highest BCUT2D eigenvalue weighted by molar-refractivity contribution is 5.96. The van der Waals surface area contributed by atoms with Crippen LogP contribution in [0.25, 0.3) is 10.9 Å². The summed E-state index contributed by atoms with van der Waals surface area (Å²) in [5, 5.41) is 17.6. The van der Waals surface area contributed by atoms with Crippen LogP contribution in [0.2, 0.25) is 0 Å². The number of nitrogens with one attached hydrogen (secondary N) is 4. The van der Waals surface area contributed by atoms with Gasteiger partial charge in [-0.1, -0.05) is 32.0 Å². The molecule has 0 saturated carbocycles. The lowest BCUT2D eigenvalue weighted by atomic mass is 10.0. The molecule has 0 saturated heterocycles. The summed E-state index contributed by atoms with van der Waals surface area (Å²) in [5.41, 5.74) is 23.8. The number of aromatic amines is 1. The van der Waals surface area contributed by atoms with Crippen molar-refractivity contribution < 1.29 is 29.1 Å². The Hall–Kier alpha value is -4.66. The molecule has 0 aliphatic heterocycles. The molecule has 0 radical (unpaired) electrons. The molecule has 0 fully saturated rings. The number of aliphatic imine (C=N–C) groups is 1. The van der Waals surface area contributed by atoms with E-state index in [1.165, 1.54) is 0 Å². The topological polar surface area (TPSA) is 274 Å². The van der Waals surface area contributed by atoms with Gasteiger partial charge in [0.1, 0.15) is 18.1 Å². The van der Waals surface area contributed by atoms with E-state index in [1.54, 1.807) is 20.0 Å². The van der Waals surface area contributed by atoms with Crippen molar-refractivity contribution in [3.05, 3.63) is 36.0 Å². The number of hydrogen-bond donors (Lipinski definition) is 9. The monoisotopic (exact) mass is 573 g/mol. The third kappa shape index (κ3) is 10.1. The molecule has 1 heterocycles. The molecule has 2 rings (SSSR count). The number of aliphatic carboxylic acids is 1. The number of carboxylic acid groups (broad SMARTS) is 1. The van der Waals surface area contributed by atoms with Gasteiger partial charge in [-0.15, -0.1) is 0 Å². The molecule has 224 valence electrons. The number of nitrogens with zero attached hydrogens (tertiary/aromatic N) is 1. The minimum Gasteiger partial charge on any atom is -0.480 e. The number of aromatic nitrogens is 1. The Balaban J connectivity index is 2.19. The number of primary amides is 1. The van der Waals surface area contributed by atoms with Crippen LogP contribution in [-0.2, 0) is 30.4 Å². The lowest BCUT2D eigenvalue weighted by Gasteiger charge is -2.25. The van der Waals surface area contributed by atoms with Crippen molar-refractivity contribution in [2.45, 2.75) is 63.7 Å². The van der Waals surface area contributed by atoms with Gasteiger partial charge in [0.05, 0.1) is 12.5 Å². The van der Waals surface area contributed by atoms with Crippen molar-refractivity contribution in [1.29, 1.82) is 0 Å². The van der Waals surface area contributed by atoms with Gasteiger partial charge in [0, 0.05) is 23.6 Å². The van der Waals surface area contributed by atoms with E-state index in [1.807, 2.05) is 24.3 Å². The van der Waals surface area contributed by atoms with Crippen molar-refractivity contribution in [3.8, 4) is 0 Å². The van der Waals surface area contributed by atoms with Crippen LogP contribution in [0, 0.1) is 5.92 Å². The molecule has 0 aliphatic carbocycles. The van der Waals surface area contributed by atoms with E-state index in [-0.39, 0.29) is 31.8 Å². The van der Waals surface area contributed by atoms with E-state index < -0.39 is 66.1 Å². The number of carbonyl (C=O) groups excluding carboxylic acids is 4. The molecule has 4 unspecified atom stereocenters. The number of para-hydroxylation sites is 1. The molecule has 41 heavy (non-hydrogen) atoms. The molecule has 4 atom stereocenters. The van der Waals surface area contributed by atoms with Gasteiger partial charge >= 0.3 is 5.97 Å². The Bertz CT molecular complexity index is 1270. The van der Waals surface area contributed by atoms with Gasteiger partial charge in [0.2, 0.25) is 23.6 Å². The second-order valence-corrected chi connectivity index (χ2v) is 9.98. The van der Waals surface area contributed by atoms with E-state index in [2.05, 4.69) is 25.9 Å². The van der Waals surface area contributed by atoms with Crippen molar-refractivity contribution in [2.75, 3.05) is 6.54 Å². The van der Waals surface area contributed by atoms with Crippen LogP contribution in [-0.4, -0.2) is 76.4 Å². The Labute approximate surface area is 236 Å². The number of fused-ring (bicyclic) bond motifs is 1. The van der Waals surface area contributed by atoms with Crippen LogP contribution in [0.5, 0.6) is 0 Å². The molecule has 0 bridgehead atoms. The summed E-state index contributed by atoms with van der Waals surface area (Å²) in [7, 11) is 0. The maximum absolute atomic E-state index is 13.3. The number of hydrogen-bond acceptors (Lipinski definition) is 7. The fraction of sp³-hybridized carbons (Fsp3) is 0.462. The first-order chi connectivity index (χ1) is 19.3. The molecule has 15 heteroatoms. The van der Waals surface area contributed by atoms with Gasteiger partial charge in [-0.3, -0.25) is 24.2 Å². The smallest absolute Gasteiger partial charge is 0.326 e. The molecule has 2 aromatic rings. The van der Waals surface area contributed by atoms with Crippen molar-refractivity contribution in [1.82, 2.24) is 20.9 Å². The predicted molar refractivity (Wildman–Crippen MR) is 152 cm³/mol. The Kier molecular flexibility index (Phi) is 12.1. The SMILES string of the molecule is CC(C)C(NC(=O)C(CC(N)=O)NC(=O)C(CCCN=C(N)N)NC(=O)C(N)Cc1c[nH]c2ccccc12)C(=O)O. The maximum Gasteiger partial charge on any atom is 0.326 e. The van der Waals surface area contributed by atoms with Gasteiger partial charge in [-0.2, -0.15) is 0 Å². The molecule has 0 spiro atoms. The first kappa shape index (κ1) is 32.6. The second kappa shape index (κ2) is 15.2. The van der Waals surface area contributed by atoms with E-state index in [4.69, 9.17) is 22.9 Å². The number of H-pyrrole nitrogens is 1. The number of rotatable bonds is 16. The molecule has 1 aromatic carbocycles. The summed E-state index contributed by atoms with van der Waals surface area (Å²) >= 11 is 0. The third-order valence-corrected chi connectivity index (χ3v) is 6.30. The van der Waals surface area contributed by atoms with Crippen LogP contribution in [0.3, 0.4) is 0 Å². The number of carboxylic acids is 1. The number of carbonyl (C=O) groups is 5. The van der Waals surface area contributed by atoms with Gasteiger partial charge < -0.3 is 49.0 Å². The molecule has 13 N–H and O–H groups in total. The second-order valence-electron chi connectivity index (χ2n) is 9.98. The average Bonchev–Trinajstić information content (AvgIpc) is 3.30. The van der Waals surface area contributed by atoms with E-state index in [0.29, 0.717) is 0 Å². The molecular weight excluding hydrogens is 534 g/mol. The highest BCUT2D eigenvalue weighted by atomic mass is 16.4. The van der Waals surface area contributed by atoms with E-state index in [9.17, 15) is 29.1 Å². The zero-order chi connectivity index (χ0) is 30.7. The largest absolute Gasteiger partial charge is 0.480 e. The Morgan fingerprint density at radius 1 is 0.951 bits per heavy atom. The van der Waals surface area contributed by atoms with E-state index >= 15 is 0 Å². The zero-order valence-corrected chi connectivity index (χ0v) is 23.1. The summed E-state index contributed by atoms with van der Waals surface area (Å²) in [6.07, 6.45) is 1.66. The zero-order valence-electron chi connectivity index (χ0n) is 23.1. The molecule has 15 nitrogen and oxygen atoms in total. The van der Waals surface area contributed by atoms with Crippen LogP contribution in [0.4, 0.5) is 0 Å².